The molecule has 6 nitrogen and oxygen atoms in total. The lowest BCUT2D eigenvalue weighted by molar-refractivity contribution is -0.167. The second-order valence-corrected chi connectivity index (χ2v) is 23.8. The second-order valence-electron chi connectivity index (χ2n) is 23.8. The summed E-state index contributed by atoms with van der Waals surface area (Å²) >= 11 is 0. The first kappa shape index (κ1) is 77.9. The molecule has 0 aliphatic heterocycles. The number of carbonyl (C=O) groups excluding carboxylic acids is 3. The van der Waals surface area contributed by atoms with Gasteiger partial charge in [-0.1, -0.05) is 351 Å². The van der Waals surface area contributed by atoms with Crippen LogP contribution >= 0.6 is 0 Å². The first-order valence-corrected chi connectivity index (χ1v) is 35.4. The van der Waals surface area contributed by atoms with Crippen LogP contribution < -0.4 is 0 Å². The third kappa shape index (κ3) is 67.5. The number of esters is 3. The minimum atomic E-state index is -0.770. The van der Waals surface area contributed by atoms with Crippen molar-refractivity contribution < 1.29 is 28.6 Å². The average Bonchev–Trinajstić information content (AvgIpc) is 3.47. The topological polar surface area (TPSA) is 78.9 Å². The molecule has 1 unspecified atom stereocenters. The van der Waals surface area contributed by atoms with Crippen molar-refractivity contribution in [2.45, 2.75) is 374 Å². The van der Waals surface area contributed by atoms with Gasteiger partial charge in [0, 0.05) is 19.3 Å². The van der Waals surface area contributed by atoms with Crippen molar-refractivity contribution in [3.8, 4) is 0 Å². The molecule has 0 bridgehead atoms. The fourth-order valence-corrected chi connectivity index (χ4v) is 10.5. The summed E-state index contributed by atoms with van der Waals surface area (Å²) in [4.78, 5) is 38.3. The van der Waals surface area contributed by atoms with Gasteiger partial charge in [0.2, 0.25) is 0 Å². The maximum atomic E-state index is 12.9. The molecular formula is C75H134O6. The third-order valence-electron chi connectivity index (χ3n) is 15.7. The highest BCUT2D eigenvalue weighted by atomic mass is 16.6. The highest BCUT2D eigenvalue weighted by Crippen LogP contribution is 2.18. The zero-order valence-electron chi connectivity index (χ0n) is 54.1. The highest BCUT2D eigenvalue weighted by Gasteiger charge is 2.19. The van der Waals surface area contributed by atoms with Gasteiger partial charge < -0.3 is 14.2 Å². The van der Waals surface area contributed by atoms with Crippen molar-refractivity contribution in [1.82, 2.24) is 0 Å². The van der Waals surface area contributed by atoms with Gasteiger partial charge in [-0.05, 0) is 70.6 Å². The number of hydrogen-bond donors (Lipinski definition) is 0. The highest BCUT2D eigenvalue weighted by molar-refractivity contribution is 5.71. The summed E-state index contributed by atoms with van der Waals surface area (Å²) in [6, 6.07) is 0. The first-order valence-electron chi connectivity index (χ1n) is 35.4. The largest absolute Gasteiger partial charge is 0.462 e. The Morgan fingerprint density at radius 2 is 0.481 bits per heavy atom. The number of hydrogen-bond acceptors (Lipinski definition) is 6. The molecule has 0 aliphatic carbocycles. The molecule has 470 valence electrons. The smallest absolute Gasteiger partial charge is 0.306 e. The van der Waals surface area contributed by atoms with E-state index in [1.165, 1.54) is 231 Å². The lowest BCUT2D eigenvalue weighted by atomic mass is 10.0. The summed E-state index contributed by atoms with van der Waals surface area (Å²) in [6.45, 7) is 6.56. The summed E-state index contributed by atoms with van der Waals surface area (Å²) < 4.78 is 16.9. The average molecular weight is 1130 g/mol. The number of unbranched alkanes of at least 4 members (excludes halogenated alkanes) is 42. The summed E-state index contributed by atoms with van der Waals surface area (Å²) in [5.41, 5.74) is 0. The Morgan fingerprint density at radius 1 is 0.259 bits per heavy atom. The predicted molar refractivity (Wildman–Crippen MR) is 353 cm³/mol. The normalized spacial score (nSPS) is 12.5. The van der Waals surface area contributed by atoms with Crippen molar-refractivity contribution in [2.75, 3.05) is 13.2 Å². The minimum Gasteiger partial charge on any atom is -0.462 e. The van der Waals surface area contributed by atoms with Crippen molar-refractivity contribution in [1.29, 1.82) is 0 Å². The molecule has 0 radical (unpaired) electrons. The maximum absolute atomic E-state index is 12.9. The quantitative estimate of drug-likeness (QED) is 0.0261. The van der Waals surface area contributed by atoms with Crippen LogP contribution in [0.2, 0.25) is 0 Å². The maximum Gasteiger partial charge on any atom is 0.306 e. The minimum absolute atomic E-state index is 0.0685. The Balaban J connectivity index is 4.09. The molecule has 0 saturated carbocycles. The van der Waals surface area contributed by atoms with Crippen molar-refractivity contribution >= 4 is 17.9 Å². The fraction of sp³-hybridized carbons (Fsp3) is 0.800. The van der Waals surface area contributed by atoms with Gasteiger partial charge in [-0.15, -0.1) is 0 Å². The molecule has 0 saturated heterocycles. The Morgan fingerprint density at radius 3 is 0.753 bits per heavy atom. The molecule has 0 N–H and O–H groups in total. The summed E-state index contributed by atoms with van der Waals surface area (Å²) in [7, 11) is 0. The molecule has 0 heterocycles. The Labute approximate surface area is 503 Å². The van der Waals surface area contributed by atoms with E-state index in [4.69, 9.17) is 14.2 Å². The molecule has 1 atom stereocenters. The molecule has 0 aliphatic rings. The zero-order chi connectivity index (χ0) is 58.5. The van der Waals surface area contributed by atoms with Crippen LogP contribution in [-0.2, 0) is 28.6 Å². The fourth-order valence-electron chi connectivity index (χ4n) is 10.5. The number of rotatable bonds is 65. The van der Waals surface area contributed by atoms with E-state index in [0.29, 0.717) is 19.3 Å². The molecule has 0 spiro atoms. The lowest BCUT2D eigenvalue weighted by Crippen LogP contribution is -2.30. The van der Waals surface area contributed by atoms with Crippen LogP contribution in [-0.4, -0.2) is 37.2 Å². The molecule has 0 aromatic heterocycles. The van der Waals surface area contributed by atoms with E-state index in [9.17, 15) is 14.4 Å². The van der Waals surface area contributed by atoms with Gasteiger partial charge in [-0.25, -0.2) is 0 Å². The third-order valence-corrected chi connectivity index (χ3v) is 15.7. The van der Waals surface area contributed by atoms with Crippen molar-refractivity contribution in [3.63, 3.8) is 0 Å². The molecule has 0 aromatic rings. The van der Waals surface area contributed by atoms with Crippen LogP contribution in [0.3, 0.4) is 0 Å². The van der Waals surface area contributed by atoms with E-state index >= 15 is 0 Å². The van der Waals surface area contributed by atoms with Gasteiger partial charge in [0.05, 0.1) is 0 Å². The van der Waals surface area contributed by atoms with E-state index in [1.807, 2.05) is 0 Å². The number of carbonyl (C=O) groups is 3. The van der Waals surface area contributed by atoms with Crippen molar-refractivity contribution in [2.24, 2.45) is 0 Å². The summed E-state index contributed by atoms with van der Waals surface area (Å²) in [5, 5.41) is 0. The van der Waals surface area contributed by atoms with Gasteiger partial charge in [-0.2, -0.15) is 0 Å². The Kier molecular flexibility index (Phi) is 66.6. The van der Waals surface area contributed by atoms with Gasteiger partial charge in [-0.3, -0.25) is 14.4 Å². The second kappa shape index (κ2) is 69.3. The molecule has 0 rings (SSSR count). The van der Waals surface area contributed by atoms with E-state index in [1.54, 1.807) is 0 Å². The van der Waals surface area contributed by atoms with Gasteiger partial charge in [0.1, 0.15) is 13.2 Å². The summed E-state index contributed by atoms with van der Waals surface area (Å²) in [6.07, 6.45) is 90.9. The molecule has 0 aromatic carbocycles. The Hall–Kier alpha value is -3.15. The SMILES string of the molecule is CC/C=C\C/C=C\C/C=C\C/C=C\C/C=C\C/C=C\CCCCCCCCCCCCCCCCC(=O)OCC(COC(=O)CCCCCCCCCCC)OC(=O)CCCCCCCCCCCCCCCCCCCCCCC. The standard InChI is InChI=1S/C75H134O6/c1-4-7-10-13-16-19-21-23-25-27-29-31-32-33-34-35-36-37-38-39-40-41-42-44-45-47-49-51-53-56-59-62-65-68-74(77)80-71-72(70-79-73(76)67-64-61-58-55-18-15-12-9-6-3)81-75(78)69-66-63-60-57-54-52-50-48-46-43-30-28-26-24-22-20-17-14-11-8-5-2/h7,10,16,19,23,25,29,31,33-34,36-37,72H,4-6,8-9,11-15,17-18,20-22,24,26-28,30,32,35,38-71H2,1-3H3/b10-7-,19-16-,25-23-,31-29-,34-33-,37-36-. The van der Waals surface area contributed by atoms with E-state index in [0.717, 1.165) is 96.3 Å². The molecular weight excluding hydrogens is 997 g/mol. The monoisotopic (exact) mass is 1130 g/mol. The number of ether oxygens (including phenoxy) is 3. The number of allylic oxidation sites excluding steroid dienone is 12. The molecule has 6 heteroatoms. The van der Waals surface area contributed by atoms with E-state index in [-0.39, 0.29) is 31.1 Å². The van der Waals surface area contributed by atoms with Gasteiger partial charge >= 0.3 is 17.9 Å². The van der Waals surface area contributed by atoms with Gasteiger partial charge in [0.15, 0.2) is 6.10 Å². The van der Waals surface area contributed by atoms with Crippen LogP contribution in [0, 0.1) is 0 Å². The molecule has 81 heavy (non-hydrogen) atoms. The van der Waals surface area contributed by atoms with Crippen LogP contribution in [0.4, 0.5) is 0 Å². The van der Waals surface area contributed by atoms with E-state index < -0.39 is 6.10 Å². The Bertz CT molecular complexity index is 1490. The summed E-state index contributed by atoms with van der Waals surface area (Å²) in [5.74, 6) is -0.849. The predicted octanol–water partition coefficient (Wildman–Crippen LogP) is 24.4. The van der Waals surface area contributed by atoms with Gasteiger partial charge in [0.25, 0.3) is 0 Å². The zero-order valence-corrected chi connectivity index (χ0v) is 54.1. The van der Waals surface area contributed by atoms with E-state index in [2.05, 4.69) is 93.7 Å². The first-order chi connectivity index (χ1) is 40.0. The van der Waals surface area contributed by atoms with Crippen LogP contribution in [0.25, 0.3) is 0 Å². The molecule has 0 amide bonds. The van der Waals surface area contributed by atoms with Crippen molar-refractivity contribution in [3.05, 3.63) is 72.9 Å². The lowest BCUT2D eigenvalue weighted by Gasteiger charge is -2.18. The van der Waals surface area contributed by atoms with Crippen LogP contribution in [0.15, 0.2) is 72.9 Å². The van der Waals surface area contributed by atoms with Crippen LogP contribution in [0.1, 0.15) is 367 Å². The van der Waals surface area contributed by atoms with Crippen LogP contribution in [0.5, 0.6) is 0 Å². The molecule has 0 fully saturated rings.